The van der Waals surface area contributed by atoms with Gasteiger partial charge in [-0.2, -0.15) is 4.98 Å². The number of rotatable bonds is 6. The van der Waals surface area contributed by atoms with Crippen molar-refractivity contribution in [1.82, 2.24) is 25.0 Å². The van der Waals surface area contributed by atoms with E-state index in [4.69, 9.17) is 4.74 Å². The van der Waals surface area contributed by atoms with E-state index in [1.807, 2.05) is 0 Å². The molecule has 0 unspecified atom stereocenters. The highest BCUT2D eigenvalue weighted by Gasteiger charge is 2.12. The van der Waals surface area contributed by atoms with E-state index in [1.54, 1.807) is 6.07 Å². The first kappa shape index (κ1) is 16.8. The van der Waals surface area contributed by atoms with E-state index in [1.165, 1.54) is 29.1 Å². The third kappa shape index (κ3) is 4.08. The highest BCUT2D eigenvalue weighted by Crippen LogP contribution is 2.21. The van der Waals surface area contributed by atoms with Crippen molar-refractivity contribution in [2.24, 2.45) is 0 Å². The van der Waals surface area contributed by atoms with Gasteiger partial charge in [0.2, 0.25) is 0 Å². The maximum absolute atomic E-state index is 12.7. The fourth-order valence-corrected chi connectivity index (χ4v) is 1.98. The van der Waals surface area contributed by atoms with Crippen LogP contribution in [0.5, 0.6) is 6.01 Å². The lowest BCUT2D eigenvalue weighted by molar-refractivity contribution is 0.143. The topological polar surface area (TPSA) is 65.7 Å². The predicted molar refractivity (Wildman–Crippen MR) is 77.6 cm³/mol. The molecule has 25 heavy (non-hydrogen) atoms. The Hall–Kier alpha value is -3.04. The second kappa shape index (κ2) is 7.24. The molecule has 0 aliphatic heterocycles. The molecule has 0 saturated carbocycles. The second-order valence-electron chi connectivity index (χ2n) is 4.90. The zero-order valence-electron chi connectivity index (χ0n) is 12.6. The van der Waals surface area contributed by atoms with Gasteiger partial charge in [-0.05, 0) is 18.2 Å². The monoisotopic (exact) mass is 353 g/mol. The molecule has 0 amide bonds. The van der Waals surface area contributed by atoms with Gasteiger partial charge in [0, 0.05) is 11.8 Å². The summed E-state index contributed by atoms with van der Waals surface area (Å²) >= 11 is 0. The van der Waals surface area contributed by atoms with Crippen molar-refractivity contribution in [3.63, 3.8) is 0 Å². The van der Waals surface area contributed by atoms with Crippen molar-refractivity contribution >= 4 is 0 Å². The molecule has 1 aromatic carbocycles. The summed E-state index contributed by atoms with van der Waals surface area (Å²) < 4.78 is 57.1. The van der Waals surface area contributed by atoms with Crippen molar-refractivity contribution in [1.29, 1.82) is 0 Å². The van der Waals surface area contributed by atoms with Crippen LogP contribution in [0.4, 0.5) is 17.6 Å². The van der Waals surface area contributed by atoms with E-state index in [0.717, 1.165) is 12.3 Å². The lowest BCUT2D eigenvalue weighted by Gasteiger charge is -2.04. The summed E-state index contributed by atoms with van der Waals surface area (Å²) in [5, 5.41) is 7.66. The second-order valence-corrected chi connectivity index (χ2v) is 4.90. The molecule has 0 saturated heterocycles. The van der Waals surface area contributed by atoms with Crippen LogP contribution in [0.15, 0.2) is 42.7 Å². The van der Waals surface area contributed by atoms with E-state index < -0.39 is 18.5 Å². The first-order valence-corrected chi connectivity index (χ1v) is 7.06. The van der Waals surface area contributed by atoms with Gasteiger partial charge in [-0.15, -0.1) is 5.10 Å². The fourth-order valence-electron chi connectivity index (χ4n) is 1.98. The third-order valence-corrected chi connectivity index (χ3v) is 3.16. The average molecular weight is 353 g/mol. The molecule has 0 spiro atoms. The highest BCUT2D eigenvalue weighted by molar-refractivity contribution is 5.35. The van der Waals surface area contributed by atoms with Crippen LogP contribution in [0, 0.1) is 0 Å². The van der Waals surface area contributed by atoms with Crippen molar-refractivity contribution in [3.8, 4) is 11.7 Å². The Morgan fingerprint density at radius 3 is 2.68 bits per heavy atom. The van der Waals surface area contributed by atoms with Crippen LogP contribution in [0.2, 0.25) is 0 Å². The quantitative estimate of drug-likeness (QED) is 0.635. The molecule has 0 atom stereocenters. The van der Waals surface area contributed by atoms with Crippen molar-refractivity contribution in [2.75, 3.05) is 0 Å². The first-order chi connectivity index (χ1) is 12.0. The fraction of sp³-hybridized carbons (Fsp3) is 0.200. The Balaban J connectivity index is 1.70. The van der Waals surface area contributed by atoms with Crippen LogP contribution in [0.1, 0.15) is 29.8 Å². The molecule has 3 rings (SSSR count). The summed E-state index contributed by atoms with van der Waals surface area (Å²) in [5.41, 5.74) is 0.182. The lowest BCUT2D eigenvalue weighted by atomic mass is 10.2. The Bertz CT molecular complexity index is 855. The predicted octanol–water partition coefficient (Wildman–Crippen LogP) is 3.51. The minimum absolute atomic E-state index is 0.110. The largest absolute Gasteiger partial charge is 0.457 e. The van der Waals surface area contributed by atoms with Gasteiger partial charge < -0.3 is 4.74 Å². The summed E-state index contributed by atoms with van der Waals surface area (Å²) in [6, 6.07) is 6.55. The van der Waals surface area contributed by atoms with Crippen LogP contribution < -0.4 is 4.74 Å². The zero-order valence-corrected chi connectivity index (χ0v) is 12.6. The van der Waals surface area contributed by atoms with Gasteiger partial charge >= 0.3 is 6.01 Å². The zero-order chi connectivity index (χ0) is 17.8. The van der Waals surface area contributed by atoms with Crippen molar-refractivity contribution < 1.29 is 22.3 Å². The molecule has 2 heterocycles. The average Bonchev–Trinajstić information content (AvgIpc) is 3.09. The van der Waals surface area contributed by atoms with Gasteiger partial charge in [-0.3, -0.25) is 0 Å². The number of alkyl halides is 4. The number of halogens is 4. The Kier molecular flexibility index (Phi) is 4.87. The van der Waals surface area contributed by atoms with Crippen LogP contribution in [0.25, 0.3) is 5.69 Å². The van der Waals surface area contributed by atoms with E-state index in [0.29, 0.717) is 11.4 Å². The molecule has 3 aromatic rings. The SMILES string of the molecule is FC(F)c1cccc(-n2cc(COc3nccc(C(F)F)n3)nn2)c1. The van der Waals surface area contributed by atoms with Gasteiger partial charge in [-0.25, -0.2) is 27.2 Å². The summed E-state index contributed by atoms with van der Waals surface area (Å²) in [6.07, 6.45) is -2.68. The van der Waals surface area contributed by atoms with Gasteiger partial charge in [-0.1, -0.05) is 17.3 Å². The summed E-state index contributed by atoms with van der Waals surface area (Å²) in [4.78, 5) is 7.29. The summed E-state index contributed by atoms with van der Waals surface area (Å²) in [7, 11) is 0. The number of hydrogen-bond donors (Lipinski definition) is 0. The Morgan fingerprint density at radius 1 is 1.08 bits per heavy atom. The van der Waals surface area contributed by atoms with E-state index in [-0.39, 0.29) is 18.2 Å². The molecule has 0 radical (unpaired) electrons. The normalized spacial score (nSPS) is 11.3. The minimum Gasteiger partial charge on any atom is -0.457 e. The van der Waals surface area contributed by atoms with E-state index in [2.05, 4.69) is 20.3 Å². The van der Waals surface area contributed by atoms with E-state index in [9.17, 15) is 17.6 Å². The number of hydrogen-bond acceptors (Lipinski definition) is 5. The van der Waals surface area contributed by atoms with E-state index >= 15 is 0 Å². The molecule has 0 N–H and O–H groups in total. The first-order valence-electron chi connectivity index (χ1n) is 7.06. The molecule has 0 aliphatic rings. The molecule has 0 fully saturated rings. The minimum atomic E-state index is -2.73. The number of benzene rings is 1. The van der Waals surface area contributed by atoms with Crippen LogP contribution in [-0.2, 0) is 6.61 Å². The Labute approximate surface area is 139 Å². The number of nitrogens with zero attached hydrogens (tertiary/aromatic N) is 5. The van der Waals surface area contributed by atoms with Crippen LogP contribution in [-0.4, -0.2) is 25.0 Å². The number of aromatic nitrogens is 5. The van der Waals surface area contributed by atoms with Gasteiger partial charge in [0.05, 0.1) is 11.9 Å². The van der Waals surface area contributed by atoms with Crippen molar-refractivity contribution in [3.05, 3.63) is 59.7 Å². The molecule has 6 nitrogen and oxygen atoms in total. The molecule has 2 aromatic heterocycles. The lowest BCUT2D eigenvalue weighted by Crippen LogP contribution is -2.02. The van der Waals surface area contributed by atoms with Gasteiger partial charge in [0.25, 0.3) is 12.9 Å². The maximum Gasteiger partial charge on any atom is 0.317 e. The smallest absolute Gasteiger partial charge is 0.317 e. The molecule has 0 aliphatic carbocycles. The highest BCUT2D eigenvalue weighted by atomic mass is 19.3. The maximum atomic E-state index is 12.7. The third-order valence-electron chi connectivity index (χ3n) is 3.16. The Morgan fingerprint density at radius 2 is 1.92 bits per heavy atom. The van der Waals surface area contributed by atoms with Crippen molar-refractivity contribution in [2.45, 2.75) is 19.5 Å². The standard InChI is InChI=1S/C15H11F4N5O/c16-13(17)9-2-1-3-11(6-9)24-7-10(22-23-24)8-25-15-20-5-4-12(21-15)14(18)19/h1-7,13-14H,8H2. The number of ether oxygens (including phenoxy) is 1. The molecule has 10 heteroatoms. The van der Waals surface area contributed by atoms with Gasteiger partial charge in [0.1, 0.15) is 18.0 Å². The van der Waals surface area contributed by atoms with Gasteiger partial charge in [0.15, 0.2) is 0 Å². The molecule has 0 bridgehead atoms. The summed E-state index contributed by atoms with van der Waals surface area (Å²) in [5.74, 6) is 0. The van der Waals surface area contributed by atoms with Crippen LogP contribution in [0.3, 0.4) is 0 Å². The van der Waals surface area contributed by atoms with Crippen LogP contribution >= 0.6 is 0 Å². The summed E-state index contributed by atoms with van der Waals surface area (Å²) in [6.45, 7) is -0.110. The molecular weight excluding hydrogens is 342 g/mol. The molecular formula is C15H11F4N5O. The molecule has 130 valence electrons.